The van der Waals surface area contributed by atoms with Crippen molar-refractivity contribution in [1.82, 2.24) is 0 Å². The van der Waals surface area contributed by atoms with Gasteiger partial charge < -0.3 is 10.5 Å². The smallest absolute Gasteiger partial charge is 0.418 e. The molecule has 0 spiro atoms. The molecular weight excluding hydrogens is 195 g/mol. The van der Waals surface area contributed by atoms with Crippen LogP contribution in [0.1, 0.15) is 12.5 Å². The zero-order valence-electron chi connectivity index (χ0n) is 7.56. The summed E-state index contributed by atoms with van der Waals surface area (Å²) in [6.45, 7) is 2.02. The van der Waals surface area contributed by atoms with Gasteiger partial charge in [0.2, 0.25) is 0 Å². The van der Waals surface area contributed by atoms with Gasteiger partial charge in [0.15, 0.2) is 0 Å². The summed E-state index contributed by atoms with van der Waals surface area (Å²) in [5.74, 6) is 0.175. The van der Waals surface area contributed by atoms with E-state index in [9.17, 15) is 13.2 Å². The highest BCUT2D eigenvalue weighted by Gasteiger charge is 2.33. The van der Waals surface area contributed by atoms with Crippen molar-refractivity contribution in [1.29, 1.82) is 0 Å². The lowest BCUT2D eigenvalue weighted by molar-refractivity contribution is -0.137. The molecular formula is C9H10F3NO. The molecule has 0 atom stereocenters. The van der Waals surface area contributed by atoms with E-state index < -0.39 is 11.7 Å². The molecule has 0 aliphatic heterocycles. The molecule has 78 valence electrons. The number of halogens is 3. The molecule has 0 saturated heterocycles. The third-order valence-electron chi connectivity index (χ3n) is 1.64. The number of nitrogen functional groups attached to an aromatic ring is 1. The summed E-state index contributed by atoms with van der Waals surface area (Å²) < 4.78 is 41.9. The van der Waals surface area contributed by atoms with Crippen molar-refractivity contribution in [3.63, 3.8) is 0 Å². The Morgan fingerprint density at radius 1 is 1.36 bits per heavy atom. The van der Waals surface area contributed by atoms with Gasteiger partial charge in [-0.1, -0.05) is 0 Å². The molecule has 2 nitrogen and oxygen atoms in total. The van der Waals surface area contributed by atoms with Crippen LogP contribution in [0.4, 0.5) is 18.9 Å². The summed E-state index contributed by atoms with van der Waals surface area (Å²) in [6, 6.07) is 3.50. The quantitative estimate of drug-likeness (QED) is 0.753. The third-order valence-corrected chi connectivity index (χ3v) is 1.64. The minimum atomic E-state index is -4.43. The average molecular weight is 205 g/mol. The van der Waals surface area contributed by atoms with E-state index in [1.807, 2.05) is 0 Å². The van der Waals surface area contributed by atoms with Crippen LogP contribution in [0, 0.1) is 0 Å². The van der Waals surface area contributed by atoms with Crippen molar-refractivity contribution in [3.05, 3.63) is 23.8 Å². The molecule has 2 N–H and O–H groups in total. The lowest BCUT2D eigenvalue weighted by Gasteiger charge is -2.11. The van der Waals surface area contributed by atoms with Crippen LogP contribution in [0.3, 0.4) is 0 Å². The molecule has 0 aliphatic rings. The highest BCUT2D eigenvalue weighted by molar-refractivity contribution is 5.51. The molecule has 0 fully saturated rings. The van der Waals surface area contributed by atoms with E-state index in [0.717, 1.165) is 6.07 Å². The van der Waals surface area contributed by atoms with E-state index in [1.54, 1.807) is 6.92 Å². The van der Waals surface area contributed by atoms with Crippen molar-refractivity contribution in [2.75, 3.05) is 12.3 Å². The average Bonchev–Trinajstić information content (AvgIpc) is 2.07. The number of nitrogens with two attached hydrogens (primary N) is 1. The Morgan fingerprint density at radius 2 is 2.00 bits per heavy atom. The van der Waals surface area contributed by atoms with E-state index in [-0.39, 0.29) is 11.4 Å². The van der Waals surface area contributed by atoms with E-state index in [1.165, 1.54) is 12.1 Å². The van der Waals surface area contributed by atoms with Gasteiger partial charge in [0.05, 0.1) is 12.2 Å². The number of hydrogen-bond donors (Lipinski definition) is 1. The Morgan fingerprint density at radius 3 is 2.50 bits per heavy atom. The number of anilines is 1. The molecule has 1 aromatic rings. The fraction of sp³-hybridized carbons (Fsp3) is 0.333. The highest BCUT2D eigenvalue weighted by Crippen LogP contribution is 2.35. The monoisotopic (exact) mass is 205 g/mol. The van der Waals surface area contributed by atoms with Crippen LogP contribution >= 0.6 is 0 Å². The highest BCUT2D eigenvalue weighted by atomic mass is 19.4. The van der Waals surface area contributed by atoms with Crippen molar-refractivity contribution in [2.24, 2.45) is 0 Å². The molecule has 0 aliphatic carbocycles. The first kappa shape index (κ1) is 10.7. The predicted molar refractivity (Wildman–Crippen MR) is 47.0 cm³/mol. The van der Waals surface area contributed by atoms with Gasteiger partial charge in [0.25, 0.3) is 0 Å². The second kappa shape index (κ2) is 3.77. The Labute approximate surface area is 79.5 Å². The summed E-state index contributed by atoms with van der Waals surface area (Å²) in [5, 5.41) is 0. The van der Waals surface area contributed by atoms with Gasteiger partial charge in [-0.2, -0.15) is 13.2 Å². The molecule has 1 rings (SSSR count). The molecule has 14 heavy (non-hydrogen) atoms. The molecule has 0 bridgehead atoms. The van der Waals surface area contributed by atoms with E-state index in [2.05, 4.69) is 0 Å². The molecule has 5 heteroatoms. The first-order valence-corrected chi connectivity index (χ1v) is 4.04. The number of ether oxygens (including phenoxy) is 1. The first-order valence-electron chi connectivity index (χ1n) is 4.04. The van der Waals surface area contributed by atoms with Crippen LogP contribution in [0.15, 0.2) is 18.2 Å². The summed E-state index contributed by atoms with van der Waals surface area (Å²) >= 11 is 0. The Kier molecular flexibility index (Phi) is 2.88. The fourth-order valence-electron chi connectivity index (χ4n) is 1.04. The zero-order chi connectivity index (χ0) is 10.8. The maximum Gasteiger partial charge on any atom is 0.418 e. The van der Waals surface area contributed by atoms with Gasteiger partial charge in [-0.05, 0) is 25.1 Å². The van der Waals surface area contributed by atoms with Crippen LogP contribution in [0.5, 0.6) is 5.75 Å². The molecule has 0 amide bonds. The first-order chi connectivity index (χ1) is 6.45. The van der Waals surface area contributed by atoms with Crippen LogP contribution < -0.4 is 10.5 Å². The van der Waals surface area contributed by atoms with Crippen LogP contribution in [-0.4, -0.2) is 6.61 Å². The van der Waals surface area contributed by atoms with E-state index >= 15 is 0 Å². The van der Waals surface area contributed by atoms with Crippen molar-refractivity contribution < 1.29 is 17.9 Å². The standard InChI is InChI=1S/C9H10F3NO/c1-2-14-6-3-4-8(13)7(5-6)9(10,11)12/h3-5H,2,13H2,1H3. The number of benzene rings is 1. The van der Waals surface area contributed by atoms with Gasteiger partial charge in [-0.3, -0.25) is 0 Å². The van der Waals surface area contributed by atoms with Crippen LogP contribution in [0.2, 0.25) is 0 Å². The predicted octanol–water partition coefficient (Wildman–Crippen LogP) is 2.69. The Bertz CT molecular complexity index is 322. The van der Waals surface area contributed by atoms with Gasteiger partial charge >= 0.3 is 6.18 Å². The van der Waals surface area contributed by atoms with Gasteiger partial charge in [-0.15, -0.1) is 0 Å². The number of alkyl halides is 3. The Balaban J connectivity index is 3.09. The molecule has 0 unspecified atom stereocenters. The van der Waals surface area contributed by atoms with E-state index in [4.69, 9.17) is 10.5 Å². The van der Waals surface area contributed by atoms with Crippen molar-refractivity contribution >= 4 is 5.69 Å². The topological polar surface area (TPSA) is 35.2 Å². The third kappa shape index (κ3) is 2.31. The van der Waals surface area contributed by atoms with Gasteiger partial charge in [0.1, 0.15) is 5.75 Å². The minimum Gasteiger partial charge on any atom is -0.494 e. The normalized spacial score (nSPS) is 11.4. The maximum atomic E-state index is 12.3. The van der Waals surface area contributed by atoms with Crippen molar-refractivity contribution in [2.45, 2.75) is 13.1 Å². The van der Waals surface area contributed by atoms with Crippen LogP contribution in [0.25, 0.3) is 0 Å². The van der Waals surface area contributed by atoms with Gasteiger partial charge in [0, 0.05) is 5.69 Å². The van der Waals surface area contributed by atoms with Crippen LogP contribution in [-0.2, 0) is 6.18 Å². The Hall–Kier alpha value is -1.39. The van der Waals surface area contributed by atoms with E-state index in [0.29, 0.717) is 6.61 Å². The zero-order valence-corrected chi connectivity index (χ0v) is 7.56. The maximum absolute atomic E-state index is 12.3. The summed E-state index contributed by atoms with van der Waals surface area (Å²) in [5.41, 5.74) is 4.05. The molecule has 1 aromatic carbocycles. The summed E-state index contributed by atoms with van der Waals surface area (Å²) in [7, 11) is 0. The van der Waals surface area contributed by atoms with Crippen molar-refractivity contribution in [3.8, 4) is 5.75 Å². The molecule has 0 heterocycles. The summed E-state index contributed by atoms with van der Waals surface area (Å²) in [6.07, 6.45) is -4.43. The second-order valence-electron chi connectivity index (χ2n) is 2.68. The second-order valence-corrected chi connectivity index (χ2v) is 2.68. The molecule has 0 radical (unpaired) electrons. The molecule has 0 saturated carbocycles. The molecule has 0 aromatic heterocycles. The lowest BCUT2D eigenvalue weighted by Crippen LogP contribution is -2.09. The SMILES string of the molecule is CCOc1ccc(N)c(C(F)(F)F)c1. The summed E-state index contributed by atoms with van der Waals surface area (Å²) in [4.78, 5) is 0. The lowest BCUT2D eigenvalue weighted by atomic mass is 10.1. The number of hydrogen-bond acceptors (Lipinski definition) is 2. The largest absolute Gasteiger partial charge is 0.494 e. The number of rotatable bonds is 2. The van der Waals surface area contributed by atoms with Gasteiger partial charge in [-0.25, -0.2) is 0 Å². The fourth-order valence-corrected chi connectivity index (χ4v) is 1.04. The minimum absolute atomic E-state index is 0.175.